The van der Waals surface area contributed by atoms with Crippen LogP contribution in [0.1, 0.15) is 25.8 Å². The summed E-state index contributed by atoms with van der Waals surface area (Å²) in [6.45, 7) is 11.5. The van der Waals surface area contributed by atoms with Crippen molar-refractivity contribution in [2.45, 2.75) is 31.7 Å². The number of nitrogens with zero attached hydrogens (tertiary/aromatic N) is 4. The number of fused-ring (bicyclic) bond motifs is 1. The number of benzene rings is 1. The highest BCUT2D eigenvalue weighted by Crippen LogP contribution is 2.53. The van der Waals surface area contributed by atoms with Crippen molar-refractivity contribution >= 4 is 17.6 Å². The van der Waals surface area contributed by atoms with Crippen molar-refractivity contribution in [3.05, 3.63) is 77.4 Å². The molecule has 2 aliphatic rings. The molecule has 0 saturated heterocycles. The predicted molar refractivity (Wildman–Crippen MR) is 104 cm³/mol. The lowest BCUT2D eigenvalue weighted by Gasteiger charge is -2.49. The molecule has 4 rings (SSSR count). The summed E-state index contributed by atoms with van der Waals surface area (Å²) in [4.78, 5) is 40.5. The Balaban J connectivity index is 1.97. The van der Waals surface area contributed by atoms with Gasteiger partial charge in [0.25, 0.3) is 6.04 Å². The van der Waals surface area contributed by atoms with Gasteiger partial charge in [-0.3, -0.25) is 14.5 Å². The molecule has 1 aromatic heterocycles. The minimum atomic E-state index is -1.08. The Hall–Kier alpha value is -3.33. The Morgan fingerprint density at radius 1 is 1.11 bits per heavy atom. The van der Waals surface area contributed by atoms with Gasteiger partial charge in [-0.15, -0.1) is 0 Å². The number of carbonyl (C=O) groups excluding carboxylic acids is 2. The normalized spacial score (nSPS) is 26.2. The maximum absolute atomic E-state index is 13.9. The molecule has 2 unspecified atom stereocenters. The molecule has 2 heterocycles. The van der Waals surface area contributed by atoms with Crippen molar-refractivity contribution in [2.24, 2.45) is 5.41 Å². The van der Waals surface area contributed by atoms with Crippen LogP contribution in [0.2, 0.25) is 0 Å². The van der Waals surface area contributed by atoms with Crippen molar-refractivity contribution in [3.63, 3.8) is 0 Å². The van der Waals surface area contributed by atoms with Gasteiger partial charge in [0.1, 0.15) is 5.41 Å². The Morgan fingerprint density at radius 3 is 2.43 bits per heavy atom. The van der Waals surface area contributed by atoms with Gasteiger partial charge in [0.05, 0.1) is 11.8 Å². The molecule has 0 bridgehead atoms. The van der Waals surface area contributed by atoms with E-state index < -0.39 is 16.9 Å². The highest BCUT2D eigenvalue weighted by molar-refractivity contribution is 6.09. The molecule has 6 nitrogen and oxygen atoms in total. The Morgan fingerprint density at radius 2 is 1.79 bits per heavy atom. The second-order valence-electron chi connectivity index (χ2n) is 7.69. The number of Topliss-reactive ketones (excluding diaryl/α,β-unsaturated/α-hetero) is 1. The molecule has 2 aromatic rings. The zero-order chi connectivity index (χ0) is 19.9. The van der Waals surface area contributed by atoms with Crippen LogP contribution in [0.25, 0.3) is 4.85 Å². The van der Waals surface area contributed by atoms with Gasteiger partial charge >= 0.3 is 0 Å². The molecule has 0 N–H and O–H groups in total. The zero-order valence-corrected chi connectivity index (χ0v) is 15.8. The van der Waals surface area contributed by atoms with Crippen LogP contribution < -0.4 is 4.90 Å². The second-order valence-corrected chi connectivity index (χ2v) is 7.69. The van der Waals surface area contributed by atoms with Crippen LogP contribution >= 0.6 is 0 Å². The Labute approximate surface area is 163 Å². The first-order chi connectivity index (χ1) is 13.4. The summed E-state index contributed by atoms with van der Waals surface area (Å²) in [6, 6.07) is 10.3. The van der Waals surface area contributed by atoms with E-state index in [9.17, 15) is 9.59 Å². The number of carbonyl (C=O) groups is 2. The molecular formula is C22H20N4O2. The standard InChI is InChI=1S/C22H20N4O2/c1-21(2)17-10-13-26(20-24-11-7-12-25-20)19(28)22(17,14-16(23-3)18(21)27)15-8-5-4-6-9-15/h4-12,16H,13-14H2,1-2H3. The molecule has 1 saturated carbocycles. The van der Waals surface area contributed by atoms with Crippen LogP contribution in [-0.4, -0.2) is 34.2 Å². The van der Waals surface area contributed by atoms with Gasteiger partial charge in [-0.05, 0) is 31.1 Å². The molecule has 0 spiro atoms. The Kier molecular flexibility index (Phi) is 4.11. The van der Waals surface area contributed by atoms with Gasteiger partial charge < -0.3 is 4.85 Å². The SMILES string of the molecule is [C-]#[N+]C1CC2(c3ccccc3)C(=O)N(c3ncccn3)CC=C2C(C)(C)C1=O. The lowest BCUT2D eigenvalue weighted by Crippen LogP contribution is -2.61. The lowest BCUT2D eigenvalue weighted by atomic mass is 9.54. The first-order valence-corrected chi connectivity index (χ1v) is 9.19. The summed E-state index contributed by atoms with van der Waals surface area (Å²) >= 11 is 0. The number of hydrogen-bond acceptors (Lipinski definition) is 4. The fourth-order valence-electron chi connectivity index (χ4n) is 4.53. The van der Waals surface area contributed by atoms with Gasteiger partial charge in [0, 0.05) is 18.9 Å². The molecule has 28 heavy (non-hydrogen) atoms. The number of aromatic nitrogens is 2. The van der Waals surface area contributed by atoms with Gasteiger partial charge in [-0.2, -0.15) is 0 Å². The summed E-state index contributed by atoms with van der Waals surface area (Å²) in [5, 5.41) is 0. The fourth-order valence-corrected chi connectivity index (χ4v) is 4.53. The summed E-state index contributed by atoms with van der Waals surface area (Å²) in [7, 11) is 0. The number of anilines is 1. The average molecular weight is 372 g/mol. The minimum Gasteiger partial charge on any atom is -0.305 e. The maximum atomic E-state index is 13.9. The lowest BCUT2D eigenvalue weighted by molar-refractivity contribution is -0.132. The van der Waals surface area contributed by atoms with Crippen molar-refractivity contribution < 1.29 is 9.59 Å². The summed E-state index contributed by atoms with van der Waals surface area (Å²) in [5.41, 5.74) is -0.414. The molecule has 1 aliphatic heterocycles. The van der Waals surface area contributed by atoms with Crippen molar-refractivity contribution in [1.29, 1.82) is 0 Å². The molecule has 1 fully saturated rings. The predicted octanol–water partition coefficient (Wildman–Crippen LogP) is 2.97. The number of hydrogen-bond donors (Lipinski definition) is 0. The van der Waals surface area contributed by atoms with Crippen LogP contribution in [0.3, 0.4) is 0 Å². The van der Waals surface area contributed by atoms with E-state index in [2.05, 4.69) is 14.8 Å². The molecule has 0 radical (unpaired) electrons. The van der Waals surface area contributed by atoms with Gasteiger partial charge in [0.15, 0.2) is 0 Å². The van der Waals surface area contributed by atoms with Crippen LogP contribution in [-0.2, 0) is 15.0 Å². The van der Waals surface area contributed by atoms with Crippen LogP contribution in [0.5, 0.6) is 0 Å². The van der Waals surface area contributed by atoms with Crippen LogP contribution in [0.4, 0.5) is 5.95 Å². The highest BCUT2D eigenvalue weighted by atomic mass is 16.2. The molecule has 2 atom stereocenters. The molecule has 1 amide bonds. The maximum Gasteiger partial charge on any atom is 0.283 e. The first-order valence-electron chi connectivity index (χ1n) is 9.19. The molecule has 6 heteroatoms. The number of amides is 1. The van der Waals surface area contributed by atoms with Crippen LogP contribution in [0.15, 0.2) is 60.4 Å². The van der Waals surface area contributed by atoms with Crippen molar-refractivity contribution in [1.82, 2.24) is 9.97 Å². The van der Waals surface area contributed by atoms with E-state index in [4.69, 9.17) is 6.57 Å². The second kappa shape index (κ2) is 6.38. The van der Waals surface area contributed by atoms with Gasteiger partial charge in [-0.1, -0.05) is 36.4 Å². The van der Waals surface area contributed by atoms with E-state index in [1.54, 1.807) is 23.4 Å². The third kappa shape index (κ3) is 2.40. The largest absolute Gasteiger partial charge is 0.305 e. The van der Waals surface area contributed by atoms with E-state index in [0.29, 0.717) is 12.5 Å². The smallest absolute Gasteiger partial charge is 0.283 e. The first kappa shape index (κ1) is 18.1. The zero-order valence-electron chi connectivity index (χ0n) is 15.8. The fraction of sp³-hybridized carbons (Fsp3) is 0.318. The Bertz CT molecular complexity index is 1010. The van der Waals surface area contributed by atoms with E-state index in [-0.39, 0.29) is 18.1 Å². The highest BCUT2D eigenvalue weighted by Gasteiger charge is 2.62. The van der Waals surface area contributed by atoms with Crippen molar-refractivity contribution in [2.75, 3.05) is 11.4 Å². The summed E-state index contributed by atoms with van der Waals surface area (Å²) < 4.78 is 0. The van der Waals surface area contributed by atoms with E-state index in [1.807, 2.05) is 50.3 Å². The molecular weight excluding hydrogens is 352 g/mol. The van der Waals surface area contributed by atoms with Gasteiger partial charge in [0.2, 0.25) is 17.6 Å². The number of rotatable bonds is 2. The van der Waals surface area contributed by atoms with Crippen LogP contribution in [0, 0.1) is 12.0 Å². The van der Waals surface area contributed by atoms with E-state index in [0.717, 1.165) is 11.1 Å². The molecule has 140 valence electrons. The molecule has 1 aromatic carbocycles. The quantitative estimate of drug-likeness (QED) is 0.600. The summed E-state index contributed by atoms with van der Waals surface area (Å²) in [5.74, 6) is 0.0151. The third-order valence-corrected chi connectivity index (χ3v) is 5.86. The topological polar surface area (TPSA) is 67.5 Å². The third-order valence-electron chi connectivity index (χ3n) is 5.86. The van der Waals surface area contributed by atoms with E-state index >= 15 is 0 Å². The summed E-state index contributed by atoms with van der Waals surface area (Å²) in [6.07, 6.45) is 5.28. The van der Waals surface area contributed by atoms with E-state index in [1.165, 1.54) is 0 Å². The molecule has 1 aliphatic carbocycles. The minimum absolute atomic E-state index is 0.127. The number of ketones is 1. The van der Waals surface area contributed by atoms with Crippen molar-refractivity contribution in [3.8, 4) is 0 Å². The average Bonchev–Trinajstić information content (AvgIpc) is 2.73. The monoisotopic (exact) mass is 372 g/mol. The van der Waals surface area contributed by atoms with Gasteiger partial charge in [-0.25, -0.2) is 16.5 Å².